The van der Waals surface area contributed by atoms with Crippen LogP contribution in [0.5, 0.6) is 0 Å². The minimum Gasteiger partial charge on any atom is -0.355 e. The molecule has 2 aromatic rings. The lowest BCUT2D eigenvalue weighted by atomic mass is 10.2. The first-order chi connectivity index (χ1) is 12.3. The first-order valence-corrected chi connectivity index (χ1v) is 10.2. The number of hydrogen-bond donors (Lipinski definition) is 1. The van der Waals surface area contributed by atoms with E-state index in [9.17, 15) is 13.2 Å². The van der Waals surface area contributed by atoms with E-state index in [1.165, 1.54) is 4.31 Å². The quantitative estimate of drug-likeness (QED) is 0.746. The SMILES string of the molecule is CCCNC(=O)CN(Cc1cccc(Cl)c1)S(=O)(=O)c1ccc(C)cc1. The van der Waals surface area contributed by atoms with Gasteiger partial charge in [0.1, 0.15) is 0 Å². The monoisotopic (exact) mass is 394 g/mol. The van der Waals surface area contributed by atoms with Crippen molar-refractivity contribution < 1.29 is 13.2 Å². The van der Waals surface area contributed by atoms with Crippen molar-refractivity contribution in [1.82, 2.24) is 9.62 Å². The van der Waals surface area contributed by atoms with E-state index in [-0.39, 0.29) is 23.9 Å². The molecule has 0 fully saturated rings. The number of nitrogens with one attached hydrogen (secondary N) is 1. The largest absolute Gasteiger partial charge is 0.355 e. The molecule has 1 amide bonds. The van der Waals surface area contributed by atoms with Crippen LogP contribution in [0.3, 0.4) is 0 Å². The van der Waals surface area contributed by atoms with Gasteiger partial charge in [-0.15, -0.1) is 0 Å². The predicted octanol–water partition coefficient (Wildman–Crippen LogP) is 3.37. The standard InChI is InChI=1S/C19H23ClN2O3S/c1-3-11-21-19(23)14-22(13-16-5-4-6-17(20)12-16)26(24,25)18-9-7-15(2)8-10-18/h4-10,12H,3,11,13-14H2,1-2H3,(H,21,23). The summed E-state index contributed by atoms with van der Waals surface area (Å²) in [6.45, 7) is 4.15. The van der Waals surface area contributed by atoms with Gasteiger partial charge < -0.3 is 5.32 Å². The fraction of sp³-hybridized carbons (Fsp3) is 0.316. The van der Waals surface area contributed by atoms with Crippen molar-refractivity contribution in [2.45, 2.75) is 31.7 Å². The Morgan fingerprint density at radius 1 is 1.15 bits per heavy atom. The maximum atomic E-state index is 13.1. The molecule has 5 nitrogen and oxygen atoms in total. The highest BCUT2D eigenvalue weighted by molar-refractivity contribution is 7.89. The minimum absolute atomic E-state index is 0.0658. The molecule has 7 heteroatoms. The van der Waals surface area contributed by atoms with Crippen molar-refractivity contribution in [3.8, 4) is 0 Å². The Kier molecular flexibility index (Phi) is 7.20. The number of carbonyl (C=O) groups excluding carboxylic acids is 1. The van der Waals surface area contributed by atoms with Crippen molar-refractivity contribution in [3.63, 3.8) is 0 Å². The average molecular weight is 395 g/mol. The molecule has 0 saturated carbocycles. The molecule has 0 bridgehead atoms. The fourth-order valence-electron chi connectivity index (χ4n) is 2.40. The van der Waals surface area contributed by atoms with Crippen LogP contribution in [0.15, 0.2) is 53.4 Å². The van der Waals surface area contributed by atoms with E-state index in [0.717, 1.165) is 17.5 Å². The van der Waals surface area contributed by atoms with Gasteiger partial charge >= 0.3 is 0 Å². The number of rotatable bonds is 8. The van der Waals surface area contributed by atoms with Gasteiger partial charge in [0.05, 0.1) is 11.4 Å². The minimum atomic E-state index is -3.82. The van der Waals surface area contributed by atoms with Crippen LogP contribution < -0.4 is 5.32 Å². The van der Waals surface area contributed by atoms with Gasteiger partial charge in [-0.1, -0.05) is 48.4 Å². The molecular formula is C19H23ClN2O3S. The summed E-state index contributed by atoms with van der Waals surface area (Å²) in [6, 6.07) is 13.5. The second-order valence-corrected chi connectivity index (χ2v) is 8.44. The first-order valence-electron chi connectivity index (χ1n) is 8.41. The molecule has 0 heterocycles. The Hall–Kier alpha value is -1.89. The van der Waals surface area contributed by atoms with E-state index < -0.39 is 10.0 Å². The van der Waals surface area contributed by atoms with Crippen LogP contribution in [0.25, 0.3) is 0 Å². The van der Waals surface area contributed by atoms with Crippen LogP contribution in [0.4, 0.5) is 0 Å². The van der Waals surface area contributed by atoms with E-state index in [1.807, 2.05) is 13.8 Å². The Bertz CT molecular complexity index is 851. The van der Waals surface area contributed by atoms with Crippen LogP contribution in [-0.2, 0) is 21.4 Å². The highest BCUT2D eigenvalue weighted by Gasteiger charge is 2.26. The molecule has 0 spiro atoms. The van der Waals surface area contributed by atoms with Crippen LogP contribution in [-0.4, -0.2) is 31.7 Å². The number of amides is 1. The van der Waals surface area contributed by atoms with E-state index in [0.29, 0.717) is 11.6 Å². The molecule has 0 aliphatic carbocycles. The molecule has 2 rings (SSSR count). The average Bonchev–Trinajstić information content (AvgIpc) is 2.60. The van der Waals surface area contributed by atoms with E-state index in [4.69, 9.17) is 11.6 Å². The number of sulfonamides is 1. The number of benzene rings is 2. The molecule has 0 unspecified atom stereocenters. The third-order valence-electron chi connectivity index (χ3n) is 3.80. The van der Waals surface area contributed by atoms with Crippen LogP contribution in [0, 0.1) is 6.92 Å². The van der Waals surface area contributed by atoms with Gasteiger partial charge in [0.15, 0.2) is 0 Å². The lowest BCUT2D eigenvalue weighted by Crippen LogP contribution is -2.40. The smallest absolute Gasteiger partial charge is 0.243 e. The Morgan fingerprint density at radius 3 is 2.46 bits per heavy atom. The second kappa shape index (κ2) is 9.16. The van der Waals surface area contributed by atoms with Gasteiger partial charge in [0.2, 0.25) is 15.9 Å². The summed E-state index contributed by atoms with van der Waals surface area (Å²) in [4.78, 5) is 12.3. The summed E-state index contributed by atoms with van der Waals surface area (Å²) in [6.07, 6.45) is 0.782. The molecular weight excluding hydrogens is 372 g/mol. The number of hydrogen-bond acceptors (Lipinski definition) is 3. The van der Waals surface area contributed by atoms with E-state index in [1.54, 1.807) is 48.5 Å². The van der Waals surface area contributed by atoms with E-state index in [2.05, 4.69) is 5.32 Å². The summed E-state index contributed by atoms with van der Waals surface area (Å²) in [5, 5.41) is 3.24. The van der Waals surface area contributed by atoms with Crippen LogP contribution >= 0.6 is 11.6 Å². The molecule has 0 saturated heterocycles. The number of carbonyl (C=O) groups is 1. The Balaban J connectivity index is 2.32. The van der Waals surface area contributed by atoms with Crippen molar-refractivity contribution in [1.29, 1.82) is 0 Å². The van der Waals surface area contributed by atoms with Gasteiger partial charge in [0.25, 0.3) is 0 Å². The van der Waals surface area contributed by atoms with Crippen LogP contribution in [0.2, 0.25) is 5.02 Å². The lowest BCUT2D eigenvalue weighted by Gasteiger charge is -2.22. The maximum absolute atomic E-state index is 13.1. The van der Waals surface area contributed by atoms with Gasteiger partial charge in [-0.3, -0.25) is 4.79 Å². The van der Waals surface area contributed by atoms with Gasteiger partial charge in [0, 0.05) is 18.1 Å². The third-order valence-corrected chi connectivity index (χ3v) is 5.84. The lowest BCUT2D eigenvalue weighted by molar-refractivity contribution is -0.121. The zero-order chi connectivity index (χ0) is 19.2. The van der Waals surface area contributed by atoms with Gasteiger partial charge in [-0.2, -0.15) is 4.31 Å². The summed E-state index contributed by atoms with van der Waals surface area (Å²) >= 11 is 6.00. The maximum Gasteiger partial charge on any atom is 0.243 e. The molecule has 140 valence electrons. The van der Waals surface area contributed by atoms with Crippen molar-refractivity contribution in [2.24, 2.45) is 0 Å². The highest BCUT2D eigenvalue weighted by atomic mass is 35.5. The highest BCUT2D eigenvalue weighted by Crippen LogP contribution is 2.20. The third kappa shape index (κ3) is 5.56. The van der Waals surface area contributed by atoms with Gasteiger partial charge in [-0.25, -0.2) is 8.42 Å². The molecule has 0 aliphatic rings. The summed E-state index contributed by atoms with van der Waals surface area (Å²) in [5.74, 6) is -0.329. The zero-order valence-electron chi connectivity index (χ0n) is 14.9. The summed E-state index contributed by atoms with van der Waals surface area (Å²) < 4.78 is 27.3. The first kappa shape index (κ1) is 20.4. The predicted molar refractivity (Wildman–Crippen MR) is 104 cm³/mol. The molecule has 0 aliphatic heterocycles. The number of halogens is 1. The van der Waals surface area contributed by atoms with Crippen molar-refractivity contribution >= 4 is 27.5 Å². The van der Waals surface area contributed by atoms with Gasteiger partial charge in [-0.05, 0) is 43.2 Å². The molecule has 2 aromatic carbocycles. The molecule has 26 heavy (non-hydrogen) atoms. The summed E-state index contributed by atoms with van der Waals surface area (Å²) in [5.41, 5.74) is 1.68. The molecule has 0 atom stereocenters. The fourth-order valence-corrected chi connectivity index (χ4v) is 4.00. The molecule has 0 aromatic heterocycles. The normalized spacial score (nSPS) is 11.5. The van der Waals surface area contributed by atoms with Crippen LogP contribution in [0.1, 0.15) is 24.5 Å². The number of nitrogens with zero attached hydrogens (tertiary/aromatic N) is 1. The Morgan fingerprint density at radius 2 is 1.85 bits per heavy atom. The summed E-state index contributed by atoms with van der Waals surface area (Å²) in [7, 11) is -3.82. The number of aryl methyl sites for hydroxylation is 1. The second-order valence-electron chi connectivity index (χ2n) is 6.07. The van der Waals surface area contributed by atoms with Crippen molar-refractivity contribution in [2.75, 3.05) is 13.1 Å². The molecule has 0 radical (unpaired) electrons. The van der Waals surface area contributed by atoms with Crippen molar-refractivity contribution in [3.05, 3.63) is 64.7 Å². The topological polar surface area (TPSA) is 66.5 Å². The van der Waals surface area contributed by atoms with E-state index >= 15 is 0 Å². The molecule has 1 N–H and O–H groups in total. The Labute approximate surface area is 160 Å². The zero-order valence-corrected chi connectivity index (χ0v) is 16.5.